The summed E-state index contributed by atoms with van der Waals surface area (Å²) in [4.78, 5) is 9.22. The molecule has 5 aromatic rings. The van der Waals surface area contributed by atoms with Gasteiger partial charge in [-0.05, 0) is 16.8 Å². The normalized spacial score (nSPS) is 11.1. The molecule has 4 heteroatoms. The molecular formula is C23H17N3O. The highest BCUT2D eigenvalue weighted by atomic mass is 16.3. The third-order valence-corrected chi connectivity index (χ3v) is 4.65. The molecule has 2 aromatic heterocycles. The smallest absolute Gasteiger partial charge is 0.226 e. The number of nitrogens with zero attached hydrogens (tertiary/aromatic N) is 3. The number of aromatic nitrogens is 3. The van der Waals surface area contributed by atoms with Crippen molar-refractivity contribution in [1.29, 1.82) is 0 Å². The highest BCUT2D eigenvalue weighted by Crippen LogP contribution is 2.28. The summed E-state index contributed by atoms with van der Waals surface area (Å²) in [5.41, 5.74) is 2.96. The fraction of sp³-hybridized carbons (Fsp3) is 0.0435. The van der Waals surface area contributed by atoms with Crippen molar-refractivity contribution in [2.24, 2.45) is 0 Å². The van der Waals surface area contributed by atoms with Crippen LogP contribution in [0.1, 0.15) is 5.69 Å². The average Bonchev–Trinajstić information content (AvgIpc) is 3.38. The predicted octanol–water partition coefficient (Wildman–Crippen LogP) is 5.41. The Morgan fingerprint density at radius 2 is 1.67 bits per heavy atom. The van der Waals surface area contributed by atoms with Gasteiger partial charge in [0.2, 0.25) is 5.89 Å². The van der Waals surface area contributed by atoms with E-state index in [-0.39, 0.29) is 0 Å². The van der Waals surface area contributed by atoms with Crippen LogP contribution in [0.3, 0.4) is 0 Å². The Labute approximate surface area is 156 Å². The zero-order chi connectivity index (χ0) is 18.1. The van der Waals surface area contributed by atoms with Gasteiger partial charge in [0.05, 0.1) is 12.2 Å². The van der Waals surface area contributed by atoms with Crippen molar-refractivity contribution in [1.82, 2.24) is 14.5 Å². The first kappa shape index (κ1) is 15.6. The van der Waals surface area contributed by atoms with E-state index in [0.717, 1.165) is 28.0 Å². The summed E-state index contributed by atoms with van der Waals surface area (Å²) >= 11 is 0. The van der Waals surface area contributed by atoms with Crippen LogP contribution < -0.4 is 0 Å². The van der Waals surface area contributed by atoms with Gasteiger partial charge in [-0.2, -0.15) is 0 Å². The average molecular weight is 351 g/mol. The quantitative estimate of drug-likeness (QED) is 0.435. The Morgan fingerprint density at radius 3 is 2.59 bits per heavy atom. The maximum Gasteiger partial charge on any atom is 0.226 e. The monoisotopic (exact) mass is 351 g/mol. The van der Waals surface area contributed by atoms with E-state index >= 15 is 0 Å². The maximum absolute atomic E-state index is 5.81. The van der Waals surface area contributed by atoms with Crippen LogP contribution in [0.15, 0.2) is 95.9 Å². The van der Waals surface area contributed by atoms with Gasteiger partial charge in [-0.3, -0.25) is 0 Å². The van der Waals surface area contributed by atoms with E-state index in [0.29, 0.717) is 12.4 Å². The standard InChI is InChI=1S/C23H17N3O/c1-2-8-18(9-3-1)22-24-13-14-26(22)15-19-16-27-23(25-19)21-12-6-10-17-7-4-5-11-20(17)21/h1-14,16H,15H2. The van der Waals surface area contributed by atoms with Crippen LogP contribution in [-0.4, -0.2) is 14.5 Å². The van der Waals surface area contributed by atoms with Gasteiger partial charge in [0.25, 0.3) is 0 Å². The van der Waals surface area contributed by atoms with Crippen LogP contribution >= 0.6 is 0 Å². The van der Waals surface area contributed by atoms with Gasteiger partial charge >= 0.3 is 0 Å². The molecule has 0 aliphatic heterocycles. The van der Waals surface area contributed by atoms with Crippen LogP contribution in [0.5, 0.6) is 0 Å². The van der Waals surface area contributed by atoms with Gasteiger partial charge in [-0.25, -0.2) is 9.97 Å². The largest absolute Gasteiger partial charge is 0.444 e. The summed E-state index contributed by atoms with van der Waals surface area (Å²) < 4.78 is 7.89. The van der Waals surface area contributed by atoms with Gasteiger partial charge in [-0.15, -0.1) is 0 Å². The molecule has 2 heterocycles. The van der Waals surface area contributed by atoms with Crippen molar-refractivity contribution in [3.63, 3.8) is 0 Å². The van der Waals surface area contributed by atoms with Gasteiger partial charge in [0, 0.05) is 23.5 Å². The highest BCUT2D eigenvalue weighted by molar-refractivity contribution is 5.94. The molecule has 27 heavy (non-hydrogen) atoms. The number of hydrogen-bond acceptors (Lipinski definition) is 3. The van der Waals surface area contributed by atoms with Crippen molar-refractivity contribution in [2.75, 3.05) is 0 Å². The fourth-order valence-corrected chi connectivity index (χ4v) is 3.37. The van der Waals surface area contributed by atoms with Gasteiger partial charge < -0.3 is 8.98 Å². The third kappa shape index (κ3) is 2.91. The van der Waals surface area contributed by atoms with E-state index < -0.39 is 0 Å². The molecule has 0 spiro atoms. The number of rotatable bonds is 4. The zero-order valence-electron chi connectivity index (χ0n) is 14.6. The Hall–Kier alpha value is -3.66. The Kier molecular flexibility index (Phi) is 3.79. The van der Waals surface area contributed by atoms with Crippen molar-refractivity contribution < 1.29 is 4.42 Å². The lowest BCUT2D eigenvalue weighted by atomic mass is 10.0. The Morgan fingerprint density at radius 1 is 0.852 bits per heavy atom. The lowest BCUT2D eigenvalue weighted by Crippen LogP contribution is -2.01. The second-order valence-electron chi connectivity index (χ2n) is 6.42. The van der Waals surface area contributed by atoms with Crippen LogP contribution in [0.2, 0.25) is 0 Å². The zero-order valence-corrected chi connectivity index (χ0v) is 14.6. The molecule has 0 amide bonds. The van der Waals surface area contributed by atoms with Crippen LogP contribution in [0, 0.1) is 0 Å². The number of hydrogen-bond donors (Lipinski definition) is 0. The van der Waals surface area contributed by atoms with Gasteiger partial charge in [-0.1, -0.05) is 66.7 Å². The molecule has 0 bridgehead atoms. The molecule has 0 unspecified atom stereocenters. The summed E-state index contributed by atoms with van der Waals surface area (Å²) in [6.07, 6.45) is 5.51. The maximum atomic E-state index is 5.81. The molecular weight excluding hydrogens is 334 g/mol. The second kappa shape index (κ2) is 6.57. The molecule has 0 saturated heterocycles. The third-order valence-electron chi connectivity index (χ3n) is 4.65. The fourth-order valence-electron chi connectivity index (χ4n) is 3.37. The first-order valence-corrected chi connectivity index (χ1v) is 8.87. The number of imidazole rings is 1. The highest BCUT2D eigenvalue weighted by Gasteiger charge is 2.12. The van der Waals surface area contributed by atoms with E-state index in [2.05, 4.69) is 39.9 Å². The minimum Gasteiger partial charge on any atom is -0.444 e. The van der Waals surface area contributed by atoms with E-state index in [1.165, 1.54) is 5.39 Å². The molecule has 0 radical (unpaired) electrons. The number of oxazole rings is 1. The minimum atomic E-state index is 0.610. The molecule has 5 rings (SSSR count). The molecule has 0 fully saturated rings. The summed E-state index contributed by atoms with van der Waals surface area (Å²) in [6.45, 7) is 0.610. The van der Waals surface area contributed by atoms with Crippen LogP contribution in [-0.2, 0) is 6.54 Å². The van der Waals surface area contributed by atoms with E-state index in [1.807, 2.05) is 54.9 Å². The molecule has 130 valence electrons. The Bertz CT molecular complexity index is 1200. The molecule has 0 aliphatic rings. The van der Waals surface area contributed by atoms with Crippen molar-refractivity contribution >= 4 is 10.8 Å². The number of fused-ring (bicyclic) bond motifs is 1. The second-order valence-corrected chi connectivity index (χ2v) is 6.42. The van der Waals surface area contributed by atoms with E-state index in [1.54, 1.807) is 6.26 Å². The summed E-state index contributed by atoms with van der Waals surface area (Å²) in [5, 5.41) is 2.32. The van der Waals surface area contributed by atoms with Crippen molar-refractivity contribution in [3.8, 4) is 22.8 Å². The molecule has 0 aliphatic carbocycles. The lowest BCUT2D eigenvalue weighted by molar-refractivity contribution is 0.572. The summed E-state index contributed by atoms with van der Waals surface area (Å²) in [7, 11) is 0. The minimum absolute atomic E-state index is 0.610. The summed E-state index contributed by atoms with van der Waals surface area (Å²) in [5.74, 6) is 1.56. The van der Waals surface area contributed by atoms with E-state index in [9.17, 15) is 0 Å². The van der Waals surface area contributed by atoms with E-state index in [4.69, 9.17) is 9.40 Å². The molecule has 0 N–H and O–H groups in total. The predicted molar refractivity (Wildman–Crippen MR) is 106 cm³/mol. The molecule has 3 aromatic carbocycles. The van der Waals surface area contributed by atoms with Gasteiger partial charge in [0.15, 0.2) is 0 Å². The molecule has 0 atom stereocenters. The van der Waals surface area contributed by atoms with Crippen LogP contribution in [0.4, 0.5) is 0 Å². The first-order chi connectivity index (χ1) is 13.4. The van der Waals surface area contributed by atoms with Crippen molar-refractivity contribution in [2.45, 2.75) is 6.54 Å². The molecule has 0 saturated carbocycles. The molecule has 4 nitrogen and oxygen atoms in total. The van der Waals surface area contributed by atoms with Crippen molar-refractivity contribution in [3.05, 3.63) is 97.1 Å². The summed E-state index contributed by atoms with van der Waals surface area (Å²) in [6, 6.07) is 24.6. The lowest BCUT2D eigenvalue weighted by Gasteiger charge is -2.05. The Balaban J connectivity index is 1.48. The SMILES string of the molecule is c1ccc(-c2nccn2Cc2coc(-c3cccc4ccccc34)n2)cc1. The topological polar surface area (TPSA) is 43.9 Å². The number of benzene rings is 3. The first-order valence-electron chi connectivity index (χ1n) is 8.87. The van der Waals surface area contributed by atoms with Crippen LogP contribution in [0.25, 0.3) is 33.6 Å². The van der Waals surface area contributed by atoms with Gasteiger partial charge in [0.1, 0.15) is 12.1 Å².